The van der Waals surface area contributed by atoms with E-state index < -0.39 is 0 Å². The average molecular weight is 400 g/mol. The number of nitrogens with one attached hydrogen (secondary N) is 1. The number of carbonyl (C=O) groups is 2. The maximum Gasteiger partial charge on any atom is 0.276 e. The molecular formula is C20H28N6O3. The van der Waals surface area contributed by atoms with Crippen molar-refractivity contribution in [3.63, 3.8) is 0 Å². The number of nitrogens with zero attached hydrogens (tertiary/aromatic N) is 5. The molecule has 2 aromatic rings. The minimum absolute atomic E-state index is 0.0312. The van der Waals surface area contributed by atoms with E-state index in [2.05, 4.69) is 20.5 Å². The monoisotopic (exact) mass is 400 g/mol. The van der Waals surface area contributed by atoms with Gasteiger partial charge in [-0.15, -0.1) is 5.10 Å². The van der Waals surface area contributed by atoms with Gasteiger partial charge in [-0.1, -0.05) is 18.2 Å². The lowest BCUT2D eigenvalue weighted by Crippen LogP contribution is -2.51. The number of methoxy groups -OCH3 is 1. The van der Waals surface area contributed by atoms with Crippen molar-refractivity contribution in [2.45, 2.75) is 20.3 Å². The summed E-state index contributed by atoms with van der Waals surface area (Å²) in [5.41, 5.74) is 1.82. The van der Waals surface area contributed by atoms with Gasteiger partial charge in [-0.2, -0.15) is 0 Å². The summed E-state index contributed by atoms with van der Waals surface area (Å²) in [7, 11) is 1.61. The summed E-state index contributed by atoms with van der Waals surface area (Å²) in [6.07, 6.45) is 0.920. The van der Waals surface area contributed by atoms with Crippen LogP contribution >= 0.6 is 0 Å². The first-order valence-corrected chi connectivity index (χ1v) is 9.88. The van der Waals surface area contributed by atoms with Crippen LogP contribution in [0.25, 0.3) is 5.69 Å². The third kappa shape index (κ3) is 4.92. The molecule has 0 spiro atoms. The zero-order chi connectivity index (χ0) is 20.8. The third-order valence-electron chi connectivity index (χ3n) is 4.99. The number of amides is 2. The number of hydrogen-bond donors (Lipinski definition) is 1. The van der Waals surface area contributed by atoms with E-state index in [0.29, 0.717) is 56.4 Å². The summed E-state index contributed by atoms with van der Waals surface area (Å²) in [5, 5.41) is 11.2. The summed E-state index contributed by atoms with van der Waals surface area (Å²) in [5.74, 6) is 0.611. The second kappa shape index (κ2) is 9.51. The smallest absolute Gasteiger partial charge is 0.276 e. The van der Waals surface area contributed by atoms with Crippen LogP contribution in [0.5, 0.6) is 5.75 Å². The number of aromatic nitrogens is 3. The molecule has 1 aromatic carbocycles. The Hall–Kier alpha value is -2.94. The fourth-order valence-electron chi connectivity index (χ4n) is 3.30. The van der Waals surface area contributed by atoms with Crippen molar-refractivity contribution < 1.29 is 14.3 Å². The first-order chi connectivity index (χ1) is 14.0. The first-order valence-electron chi connectivity index (χ1n) is 9.88. The van der Waals surface area contributed by atoms with Crippen molar-refractivity contribution in [3.8, 4) is 11.4 Å². The number of carbonyl (C=O) groups excluding carboxylic acids is 2. The van der Waals surface area contributed by atoms with Crippen LogP contribution in [0.1, 0.15) is 29.5 Å². The van der Waals surface area contributed by atoms with Crippen LogP contribution < -0.4 is 10.1 Å². The maximum atomic E-state index is 12.9. The molecule has 9 nitrogen and oxygen atoms in total. The Kier molecular flexibility index (Phi) is 6.82. The van der Waals surface area contributed by atoms with Crippen LogP contribution in [0.3, 0.4) is 0 Å². The van der Waals surface area contributed by atoms with E-state index in [-0.39, 0.29) is 11.8 Å². The predicted molar refractivity (Wildman–Crippen MR) is 108 cm³/mol. The predicted octanol–water partition coefficient (Wildman–Crippen LogP) is 0.868. The average Bonchev–Trinajstić information content (AvgIpc) is 3.13. The molecule has 0 atom stereocenters. The molecule has 9 heteroatoms. The van der Waals surface area contributed by atoms with E-state index in [0.717, 1.165) is 12.1 Å². The van der Waals surface area contributed by atoms with Crippen molar-refractivity contribution in [3.05, 3.63) is 35.7 Å². The van der Waals surface area contributed by atoms with Crippen molar-refractivity contribution in [2.75, 3.05) is 46.4 Å². The lowest BCUT2D eigenvalue weighted by atomic mass is 10.2. The molecule has 1 aliphatic heterocycles. The highest BCUT2D eigenvalue weighted by atomic mass is 16.5. The number of piperazine rings is 1. The number of benzene rings is 1. The Morgan fingerprint density at radius 1 is 1.21 bits per heavy atom. The molecule has 1 aliphatic rings. The molecule has 1 aromatic heterocycles. The first kappa shape index (κ1) is 20.8. The fourth-order valence-corrected chi connectivity index (χ4v) is 3.30. The molecule has 0 saturated carbocycles. The molecular weight excluding hydrogens is 372 g/mol. The zero-order valence-electron chi connectivity index (χ0n) is 17.2. The Morgan fingerprint density at radius 2 is 1.97 bits per heavy atom. The van der Waals surface area contributed by atoms with Crippen LogP contribution in [0.15, 0.2) is 24.3 Å². The van der Waals surface area contributed by atoms with Crippen molar-refractivity contribution in [2.24, 2.45) is 0 Å². The fraction of sp³-hybridized carbons (Fsp3) is 0.500. The Morgan fingerprint density at radius 3 is 2.66 bits per heavy atom. The quantitative estimate of drug-likeness (QED) is 0.741. The van der Waals surface area contributed by atoms with Crippen molar-refractivity contribution in [1.29, 1.82) is 0 Å². The van der Waals surface area contributed by atoms with E-state index in [1.54, 1.807) is 16.7 Å². The minimum atomic E-state index is -0.133. The van der Waals surface area contributed by atoms with Crippen LogP contribution in [0.2, 0.25) is 0 Å². The Labute approximate surface area is 170 Å². The maximum absolute atomic E-state index is 12.9. The molecule has 1 fully saturated rings. The summed E-state index contributed by atoms with van der Waals surface area (Å²) >= 11 is 0. The lowest BCUT2D eigenvalue weighted by Gasteiger charge is -2.34. The van der Waals surface area contributed by atoms with Crippen LogP contribution in [0, 0.1) is 6.92 Å². The van der Waals surface area contributed by atoms with Crippen LogP contribution in [-0.2, 0) is 4.79 Å². The molecule has 0 bridgehead atoms. The molecule has 2 amide bonds. The van der Waals surface area contributed by atoms with Gasteiger partial charge in [-0.3, -0.25) is 14.5 Å². The van der Waals surface area contributed by atoms with E-state index in [9.17, 15) is 9.59 Å². The number of hydrogen-bond acceptors (Lipinski definition) is 6. The minimum Gasteiger partial charge on any atom is -0.497 e. The standard InChI is InChI=1S/C20H28N6O3/c1-4-8-21-18(27)14-24-9-11-25(12-10-24)20(28)19-15(2)26(23-22-19)16-6-5-7-17(13-16)29-3/h5-7,13H,4,8-12,14H2,1-3H3,(H,21,27). The number of rotatable bonds is 7. The highest BCUT2D eigenvalue weighted by molar-refractivity contribution is 5.93. The SMILES string of the molecule is CCCNC(=O)CN1CCN(C(=O)c2nnn(-c3cccc(OC)c3)c2C)CC1. The normalized spacial score (nSPS) is 14.7. The van der Waals surface area contributed by atoms with Gasteiger partial charge in [0.2, 0.25) is 5.91 Å². The van der Waals surface area contributed by atoms with E-state index in [4.69, 9.17) is 4.74 Å². The van der Waals surface area contributed by atoms with Crippen LogP contribution in [-0.4, -0.2) is 83.0 Å². The third-order valence-corrected chi connectivity index (χ3v) is 4.99. The molecule has 2 heterocycles. The summed E-state index contributed by atoms with van der Waals surface area (Å²) in [6, 6.07) is 7.45. The van der Waals surface area contributed by atoms with Gasteiger partial charge in [0.25, 0.3) is 5.91 Å². The van der Waals surface area contributed by atoms with E-state index in [1.807, 2.05) is 38.1 Å². The molecule has 29 heavy (non-hydrogen) atoms. The molecule has 0 aliphatic carbocycles. The molecule has 3 rings (SSSR count). The van der Waals surface area contributed by atoms with Crippen molar-refractivity contribution in [1.82, 2.24) is 30.1 Å². The highest BCUT2D eigenvalue weighted by Gasteiger charge is 2.27. The second-order valence-corrected chi connectivity index (χ2v) is 7.06. The van der Waals surface area contributed by atoms with E-state index >= 15 is 0 Å². The van der Waals surface area contributed by atoms with Crippen LogP contribution in [0.4, 0.5) is 0 Å². The molecule has 1 saturated heterocycles. The summed E-state index contributed by atoms with van der Waals surface area (Å²) < 4.78 is 6.90. The zero-order valence-corrected chi connectivity index (χ0v) is 17.2. The largest absolute Gasteiger partial charge is 0.497 e. The highest BCUT2D eigenvalue weighted by Crippen LogP contribution is 2.19. The van der Waals surface area contributed by atoms with Gasteiger partial charge in [0.1, 0.15) is 5.75 Å². The van der Waals surface area contributed by atoms with Gasteiger partial charge in [0.05, 0.1) is 25.0 Å². The summed E-state index contributed by atoms with van der Waals surface area (Å²) in [4.78, 5) is 28.7. The van der Waals surface area contributed by atoms with Gasteiger partial charge >= 0.3 is 0 Å². The van der Waals surface area contributed by atoms with Crippen molar-refractivity contribution >= 4 is 11.8 Å². The van der Waals surface area contributed by atoms with E-state index in [1.165, 1.54) is 0 Å². The lowest BCUT2D eigenvalue weighted by molar-refractivity contribution is -0.122. The van der Waals surface area contributed by atoms with Gasteiger partial charge in [0.15, 0.2) is 5.69 Å². The van der Waals surface area contributed by atoms with Gasteiger partial charge in [-0.25, -0.2) is 4.68 Å². The molecule has 156 valence electrons. The molecule has 0 unspecified atom stereocenters. The molecule has 0 radical (unpaired) electrons. The summed E-state index contributed by atoms with van der Waals surface area (Å²) in [6.45, 7) is 7.37. The number of ether oxygens (including phenoxy) is 1. The molecule has 1 N–H and O–H groups in total. The second-order valence-electron chi connectivity index (χ2n) is 7.06. The topological polar surface area (TPSA) is 92.6 Å². The Bertz CT molecular complexity index is 858. The van der Waals surface area contributed by atoms with Gasteiger partial charge < -0.3 is 15.0 Å². The Balaban J connectivity index is 1.62. The van der Waals surface area contributed by atoms with Gasteiger partial charge in [0, 0.05) is 38.8 Å². The van der Waals surface area contributed by atoms with Gasteiger partial charge in [-0.05, 0) is 25.5 Å².